The van der Waals surface area contributed by atoms with Gasteiger partial charge in [0.05, 0.1) is 0 Å². The predicted octanol–water partition coefficient (Wildman–Crippen LogP) is 4.20. The quantitative estimate of drug-likeness (QED) is 0.738. The van der Waals surface area contributed by atoms with Gasteiger partial charge in [-0.05, 0) is 47.2 Å². The van der Waals surface area contributed by atoms with Crippen LogP contribution in [0.1, 0.15) is 12.5 Å². The molecular formula is C14H14IN. The van der Waals surface area contributed by atoms with Gasteiger partial charge in [0.25, 0.3) is 0 Å². The Kier molecular flexibility index (Phi) is 3.49. The molecular weight excluding hydrogens is 309 g/mol. The van der Waals surface area contributed by atoms with Crippen molar-refractivity contribution in [1.82, 2.24) is 4.90 Å². The van der Waals surface area contributed by atoms with Gasteiger partial charge in [-0.25, -0.2) is 0 Å². The monoisotopic (exact) mass is 323 g/mol. The van der Waals surface area contributed by atoms with Crippen LogP contribution in [0.5, 0.6) is 0 Å². The van der Waals surface area contributed by atoms with Gasteiger partial charge < -0.3 is 4.90 Å². The SMILES string of the molecule is C=C1C(I)=CC=C(c2ccccc2)N1CC. The van der Waals surface area contributed by atoms with Crippen LogP contribution in [-0.4, -0.2) is 11.4 Å². The molecule has 0 radical (unpaired) electrons. The standard InChI is InChI=1S/C14H14IN/c1-3-16-11(2)13(15)9-10-14(16)12-7-5-4-6-8-12/h4-10H,2-3H2,1H3. The highest BCUT2D eigenvalue weighted by molar-refractivity contribution is 14.1. The second-order valence-electron chi connectivity index (χ2n) is 3.62. The lowest BCUT2D eigenvalue weighted by atomic mass is 10.1. The highest BCUT2D eigenvalue weighted by Gasteiger charge is 2.17. The van der Waals surface area contributed by atoms with Crippen LogP contribution in [0.2, 0.25) is 0 Å². The summed E-state index contributed by atoms with van der Waals surface area (Å²) in [7, 11) is 0. The molecule has 0 atom stereocenters. The summed E-state index contributed by atoms with van der Waals surface area (Å²) < 4.78 is 1.21. The average molecular weight is 323 g/mol. The van der Waals surface area contributed by atoms with Gasteiger partial charge in [0.15, 0.2) is 0 Å². The molecule has 2 heteroatoms. The zero-order chi connectivity index (χ0) is 11.5. The molecule has 0 saturated heterocycles. The number of allylic oxidation sites excluding steroid dienone is 3. The number of hydrogen-bond acceptors (Lipinski definition) is 1. The second-order valence-corrected chi connectivity index (χ2v) is 4.79. The van der Waals surface area contributed by atoms with Crippen LogP contribution in [0.25, 0.3) is 5.70 Å². The van der Waals surface area contributed by atoms with Crippen molar-refractivity contribution < 1.29 is 0 Å². The van der Waals surface area contributed by atoms with E-state index in [1.54, 1.807) is 0 Å². The van der Waals surface area contributed by atoms with Crippen LogP contribution < -0.4 is 0 Å². The lowest BCUT2D eigenvalue weighted by Crippen LogP contribution is -2.22. The van der Waals surface area contributed by atoms with Gasteiger partial charge in [0.1, 0.15) is 0 Å². The number of rotatable bonds is 2. The van der Waals surface area contributed by atoms with Gasteiger partial charge in [-0.2, -0.15) is 0 Å². The van der Waals surface area contributed by atoms with E-state index in [0.717, 1.165) is 12.2 Å². The third-order valence-corrected chi connectivity index (χ3v) is 3.65. The number of nitrogens with zero attached hydrogens (tertiary/aromatic N) is 1. The first-order valence-electron chi connectivity index (χ1n) is 5.33. The summed E-state index contributed by atoms with van der Waals surface area (Å²) in [5, 5.41) is 0. The molecule has 0 aromatic heterocycles. The van der Waals surface area contributed by atoms with E-state index in [1.165, 1.54) is 14.8 Å². The zero-order valence-corrected chi connectivity index (χ0v) is 11.4. The van der Waals surface area contributed by atoms with Gasteiger partial charge in [-0.1, -0.05) is 36.9 Å². The minimum absolute atomic E-state index is 0.944. The molecule has 16 heavy (non-hydrogen) atoms. The van der Waals surface area contributed by atoms with Crippen molar-refractivity contribution in [2.75, 3.05) is 6.54 Å². The summed E-state index contributed by atoms with van der Waals surface area (Å²) in [5.41, 5.74) is 3.56. The van der Waals surface area contributed by atoms with Crippen molar-refractivity contribution in [3.8, 4) is 0 Å². The maximum Gasteiger partial charge on any atom is 0.0484 e. The summed E-state index contributed by atoms with van der Waals surface area (Å²) in [4.78, 5) is 2.25. The van der Waals surface area contributed by atoms with E-state index in [0.29, 0.717) is 0 Å². The molecule has 0 unspecified atom stereocenters. The Bertz CT molecular complexity index is 457. The second kappa shape index (κ2) is 4.87. The molecule has 0 saturated carbocycles. The molecule has 1 aromatic carbocycles. The van der Waals surface area contributed by atoms with E-state index in [1.807, 2.05) is 6.07 Å². The zero-order valence-electron chi connectivity index (χ0n) is 9.28. The molecule has 0 spiro atoms. The van der Waals surface area contributed by atoms with Crippen LogP contribution in [-0.2, 0) is 0 Å². The first kappa shape index (κ1) is 11.5. The van der Waals surface area contributed by atoms with Crippen LogP contribution in [0.3, 0.4) is 0 Å². The lowest BCUT2D eigenvalue weighted by Gasteiger charge is -2.30. The van der Waals surface area contributed by atoms with Gasteiger partial charge >= 0.3 is 0 Å². The van der Waals surface area contributed by atoms with E-state index >= 15 is 0 Å². The molecule has 1 nitrogen and oxygen atoms in total. The molecule has 1 heterocycles. The van der Waals surface area contributed by atoms with E-state index in [9.17, 15) is 0 Å². The summed E-state index contributed by atoms with van der Waals surface area (Å²) >= 11 is 2.33. The minimum Gasteiger partial charge on any atom is -0.341 e. The highest BCUT2D eigenvalue weighted by atomic mass is 127. The third-order valence-electron chi connectivity index (χ3n) is 2.67. The fourth-order valence-electron chi connectivity index (χ4n) is 1.83. The van der Waals surface area contributed by atoms with Crippen molar-refractivity contribution in [2.24, 2.45) is 0 Å². The Hall–Kier alpha value is -1.03. The minimum atomic E-state index is 0.944. The Morgan fingerprint density at radius 1 is 1.19 bits per heavy atom. The molecule has 0 aliphatic carbocycles. The number of likely N-dealkylation sites (N-methyl/N-ethyl adjacent to an activating group) is 1. The van der Waals surface area contributed by atoms with Gasteiger partial charge in [0, 0.05) is 21.5 Å². The molecule has 0 fully saturated rings. The molecule has 1 aromatic rings. The first-order valence-corrected chi connectivity index (χ1v) is 6.41. The normalized spacial score (nSPS) is 15.9. The topological polar surface area (TPSA) is 3.24 Å². The van der Waals surface area contributed by atoms with Crippen molar-refractivity contribution >= 4 is 28.3 Å². The summed E-state index contributed by atoms with van der Waals surface area (Å²) in [6.45, 7) is 7.23. The van der Waals surface area contributed by atoms with Crippen LogP contribution >= 0.6 is 22.6 Å². The highest BCUT2D eigenvalue weighted by Crippen LogP contribution is 2.32. The maximum absolute atomic E-state index is 4.13. The van der Waals surface area contributed by atoms with Crippen LogP contribution in [0.4, 0.5) is 0 Å². The fraction of sp³-hybridized carbons (Fsp3) is 0.143. The molecule has 0 bridgehead atoms. The molecule has 82 valence electrons. The van der Waals surface area contributed by atoms with Crippen LogP contribution in [0.15, 0.2) is 58.3 Å². The van der Waals surface area contributed by atoms with Gasteiger partial charge in [-0.3, -0.25) is 0 Å². The van der Waals surface area contributed by atoms with E-state index in [-0.39, 0.29) is 0 Å². The van der Waals surface area contributed by atoms with Crippen molar-refractivity contribution in [3.05, 3.63) is 63.9 Å². The Labute approximate surface area is 110 Å². The molecule has 2 rings (SSSR count). The predicted molar refractivity (Wildman–Crippen MR) is 78.0 cm³/mol. The summed E-state index contributed by atoms with van der Waals surface area (Å²) in [5.74, 6) is 0. The Morgan fingerprint density at radius 2 is 1.88 bits per heavy atom. The van der Waals surface area contributed by atoms with E-state index in [4.69, 9.17) is 0 Å². The Balaban J connectivity index is 2.44. The van der Waals surface area contributed by atoms with Crippen molar-refractivity contribution in [2.45, 2.75) is 6.92 Å². The number of benzene rings is 1. The summed E-state index contributed by atoms with van der Waals surface area (Å²) in [6, 6.07) is 10.4. The van der Waals surface area contributed by atoms with Gasteiger partial charge in [-0.15, -0.1) is 0 Å². The molecule has 0 amide bonds. The fourth-order valence-corrected chi connectivity index (χ4v) is 2.31. The molecule has 0 N–H and O–H groups in total. The smallest absolute Gasteiger partial charge is 0.0484 e. The third kappa shape index (κ3) is 2.07. The molecule has 1 aliphatic heterocycles. The molecule has 1 aliphatic rings. The lowest BCUT2D eigenvalue weighted by molar-refractivity contribution is 0.529. The van der Waals surface area contributed by atoms with E-state index < -0.39 is 0 Å². The number of halogens is 1. The van der Waals surface area contributed by atoms with E-state index in [2.05, 4.69) is 77.4 Å². The Morgan fingerprint density at radius 3 is 2.50 bits per heavy atom. The number of hydrogen-bond donors (Lipinski definition) is 0. The van der Waals surface area contributed by atoms with Crippen molar-refractivity contribution in [1.29, 1.82) is 0 Å². The summed E-state index contributed by atoms with van der Waals surface area (Å²) in [6.07, 6.45) is 4.28. The van der Waals surface area contributed by atoms with Crippen LogP contribution in [0, 0.1) is 0 Å². The van der Waals surface area contributed by atoms with Gasteiger partial charge in [0.2, 0.25) is 0 Å². The largest absolute Gasteiger partial charge is 0.341 e. The maximum atomic E-state index is 4.13. The average Bonchev–Trinajstić information content (AvgIpc) is 2.33. The van der Waals surface area contributed by atoms with Crippen molar-refractivity contribution in [3.63, 3.8) is 0 Å². The first-order chi connectivity index (χ1) is 7.74.